The first-order valence-corrected chi connectivity index (χ1v) is 10.4. The number of benzene rings is 3. The highest BCUT2D eigenvalue weighted by molar-refractivity contribution is 6.31. The van der Waals surface area contributed by atoms with Gasteiger partial charge in [0, 0.05) is 22.9 Å². The molecule has 0 bridgehead atoms. The van der Waals surface area contributed by atoms with Gasteiger partial charge in [-0.25, -0.2) is 0 Å². The van der Waals surface area contributed by atoms with E-state index in [1.165, 1.54) is 0 Å². The second-order valence-electron chi connectivity index (χ2n) is 7.39. The predicted octanol–water partition coefficient (Wildman–Crippen LogP) is 5.90. The zero-order valence-corrected chi connectivity index (χ0v) is 19.0. The number of halogens is 1. The Balaban J connectivity index is 1.59. The third-order valence-corrected chi connectivity index (χ3v) is 5.54. The minimum atomic E-state index is -0.224. The van der Waals surface area contributed by atoms with E-state index in [-0.39, 0.29) is 12.5 Å². The van der Waals surface area contributed by atoms with Crippen LogP contribution in [0.2, 0.25) is 5.02 Å². The molecule has 6 heteroatoms. The van der Waals surface area contributed by atoms with Crippen LogP contribution < -0.4 is 20.1 Å². The summed E-state index contributed by atoms with van der Waals surface area (Å²) >= 11 is 6.18. The van der Waals surface area contributed by atoms with Crippen LogP contribution in [0.1, 0.15) is 22.3 Å². The van der Waals surface area contributed by atoms with Crippen LogP contribution in [0.3, 0.4) is 0 Å². The summed E-state index contributed by atoms with van der Waals surface area (Å²) < 4.78 is 11.2. The molecule has 3 aromatic carbocycles. The molecule has 0 radical (unpaired) electrons. The van der Waals surface area contributed by atoms with E-state index < -0.39 is 0 Å². The van der Waals surface area contributed by atoms with Gasteiger partial charge in [0.05, 0.1) is 7.11 Å². The van der Waals surface area contributed by atoms with Gasteiger partial charge in [0.15, 0.2) is 18.1 Å². The van der Waals surface area contributed by atoms with Crippen molar-refractivity contribution in [2.45, 2.75) is 27.3 Å². The fourth-order valence-electron chi connectivity index (χ4n) is 3.06. The molecule has 0 saturated carbocycles. The number of carbonyl (C=O) groups is 1. The molecule has 0 spiro atoms. The molecular formula is C25H27ClN2O3. The highest BCUT2D eigenvalue weighted by Gasteiger charge is 2.11. The molecular weight excluding hydrogens is 412 g/mol. The Kier molecular flexibility index (Phi) is 7.42. The number of ether oxygens (including phenoxy) is 2. The highest BCUT2D eigenvalue weighted by atomic mass is 35.5. The Hall–Kier alpha value is -3.18. The molecule has 5 nitrogen and oxygen atoms in total. The van der Waals surface area contributed by atoms with Crippen molar-refractivity contribution in [1.82, 2.24) is 0 Å². The Morgan fingerprint density at radius 2 is 1.77 bits per heavy atom. The van der Waals surface area contributed by atoms with Crippen LogP contribution in [0, 0.1) is 20.8 Å². The van der Waals surface area contributed by atoms with Crippen LogP contribution in [0.15, 0.2) is 54.6 Å². The number of rotatable bonds is 8. The van der Waals surface area contributed by atoms with E-state index in [0.29, 0.717) is 18.0 Å². The smallest absolute Gasteiger partial charge is 0.262 e. The summed E-state index contributed by atoms with van der Waals surface area (Å²) in [7, 11) is 1.58. The SMILES string of the molecule is COc1cc(CNc2ccc(C)c(Cl)c2)ccc1OCC(=O)Nc1cccc(C)c1C. The first-order chi connectivity index (χ1) is 14.9. The van der Waals surface area contributed by atoms with Crippen molar-refractivity contribution in [3.63, 3.8) is 0 Å². The molecule has 0 aromatic heterocycles. The molecule has 3 rings (SSSR count). The van der Waals surface area contributed by atoms with Gasteiger partial charge >= 0.3 is 0 Å². The minimum Gasteiger partial charge on any atom is -0.493 e. The average Bonchev–Trinajstić information content (AvgIpc) is 2.76. The molecule has 3 aromatic rings. The maximum absolute atomic E-state index is 12.3. The van der Waals surface area contributed by atoms with Gasteiger partial charge in [-0.3, -0.25) is 4.79 Å². The van der Waals surface area contributed by atoms with Crippen molar-refractivity contribution < 1.29 is 14.3 Å². The van der Waals surface area contributed by atoms with Crippen LogP contribution in [0.25, 0.3) is 0 Å². The molecule has 0 atom stereocenters. The summed E-state index contributed by atoms with van der Waals surface area (Å²) in [5.41, 5.74) is 5.95. The zero-order valence-electron chi connectivity index (χ0n) is 18.2. The predicted molar refractivity (Wildman–Crippen MR) is 127 cm³/mol. The van der Waals surface area contributed by atoms with Crippen molar-refractivity contribution in [1.29, 1.82) is 0 Å². The van der Waals surface area contributed by atoms with E-state index in [0.717, 1.165) is 38.7 Å². The Labute approximate surface area is 188 Å². The van der Waals surface area contributed by atoms with Gasteiger partial charge in [0.1, 0.15) is 0 Å². The first-order valence-electron chi connectivity index (χ1n) is 10.0. The van der Waals surface area contributed by atoms with Gasteiger partial charge in [-0.2, -0.15) is 0 Å². The number of aryl methyl sites for hydroxylation is 2. The molecule has 0 heterocycles. The lowest BCUT2D eigenvalue weighted by molar-refractivity contribution is -0.118. The standard InChI is InChI=1S/C25H27ClN2O3/c1-16-6-5-7-22(18(16)3)28-25(29)15-31-23-11-9-19(12-24(23)30-4)14-27-20-10-8-17(2)21(26)13-20/h5-13,27H,14-15H2,1-4H3,(H,28,29). The number of hydrogen-bond acceptors (Lipinski definition) is 4. The number of carbonyl (C=O) groups excluding carboxylic acids is 1. The van der Waals surface area contributed by atoms with Crippen molar-refractivity contribution in [3.8, 4) is 11.5 Å². The molecule has 0 aliphatic heterocycles. The summed E-state index contributed by atoms with van der Waals surface area (Å²) in [6, 6.07) is 17.3. The normalized spacial score (nSPS) is 10.5. The van der Waals surface area contributed by atoms with E-state index in [2.05, 4.69) is 10.6 Å². The second kappa shape index (κ2) is 10.2. The molecule has 162 valence electrons. The van der Waals surface area contributed by atoms with E-state index in [1.54, 1.807) is 7.11 Å². The van der Waals surface area contributed by atoms with Gasteiger partial charge in [0.2, 0.25) is 0 Å². The summed E-state index contributed by atoms with van der Waals surface area (Å²) in [4.78, 5) is 12.3. The van der Waals surface area contributed by atoms with Crippen LogP contribution in [-0.2, 0) is 11.3 Å². The van der Waals surface area contributed by atoms with Crippen LogP contribution in [-0.4, -0.2) is 19.6 Å². The second-order valence-corrected chi connectivity index (χ2v) is 7.79. The van der Waals surface area contributed by atoms with Crippen LogP contribution in [0.5, 0.6) is 11.5 Å². The third-order valence-electron chi connectivity index (χ3n) is 5.13. The fourth-order valence-corrected chi connectivity index (χ4v) is 3.24. The summed E-state index contributed by atoms with van der Waals surface area (Å²) in [5.74, 6) is 0.860. The molecule has 0 saturated heterocycles. The lowest BCUT2D eigenvalue weighted by Crippen LogP contribution is -2.21. The van der Waals surface area contributed by atoms with Crippen molar-refractivity contribution in [2.24, 2.45) is 0 Å². The van der Waals surface area contributed by atoms with Gasteiger partial charge in [-0.1, -0.05) is 35.9 Å². The maximum Gasteiger partial charge on any atom is 0.262 e. The van der Waals surface area contributed by atoms with E-state index >= 15 is 0 Å². The number of methoxy groups -OCH3 is 1. The Morgan fingerprint density at radius 3 is 2.52 bits per heavy atom. The monoisotopic (exact) mass is 438 g/mol. The summed E-state index contributed by atoms with van der Waals surface area (Å²) in [6.07, 6.45) is 0. The summed E-state index contributed by atoms with van der Waals surface area (Å²) in [6.45, 7) is 6.45. The molecule has 0 unspecified atom stereocenters. The van der Waals surface area contributed by atoms with Crippen molar-refractivity contribution in [2.75, 3.05) is 24.4 Å². The van der Waals surface area contributed by atoms with Crippen molar-refractivity contribution in [3.05, 3.63) is 81.9 Å². The number of nitrogens with one attached hydrogen (secondary N) is 2. The third kappa shape index (κ3) is 5.92. The van der Waals surface area contributed by atoms with E-state index in [1.807, 2.05) is 75.4 Å². The van der Waals surface area contributed by atoms with Gasteiger partial charge in [0.25, 0.3) is 5.91 Å². The Morgan fingerprint density at radius 1 is 0.968 bits per heavy atom. The lowest BCUT2D eigenvalue weighted by atomic mass is 10.1. The van der Waals surface area contributed by atoms with Gasteiger partial charge in [-0.15, -0.1) is 0 Å². The highest BCUT2D eigenvalue weighted by Crippen LogP contribution is 2.29. The van der Waals surface area contributed by atoms with Crippen molar-refractivity contribution >= 4 is 28.9 Å². The topological polar surface area (TPSA) is 59.6 Å². The minimum absolute atomic E-state index is 0.108. The zero-order chi connectivity index (χ0) is 22.4. The van der Waals surface area contributed by atoms with Gasteiger partial charge in [-0.05, 0) is 73.4 Å². The number of hydrogen-bond donors (Lipinski definition) is 2. The average molecular weight is 439 g/mol. The summed E-state index contributed by atoms with van der Waals surface area (Å²) in [5, 5.41) is 6.96. The maximum atomic E-state index is 12.3. The number of amides is 1. The van der Waals surface area contributed by atoms with E-state index in [4.69, 9.17) is 21.1 Å². The number of anilines is 2. The molecule has 0 aliphatic rings. The fraction of sp³-hybridized carbons (Fsp3) is 0.240. The Bertz CT molecular complexity index is 1080. The lowest BCUT2D eigenvalue weighted by Gasteiger charge is -2.14. The molecule has 0 aliphatic carbocycles. The van der Waals surface area contributed by atoms with E-state index in [9.17, 15) is 4.79 Å². The first kappa shape index (κ1) is 22.5. The van der Waals surface area contributed by atoms with Crippen LogP contribution >= 0.6 is 11.6 Å². The molecule has 0 fully saturated rings. The van der Waals surface area contributed by atoms with Crippen LogP contribution in [0.4, 0.5) is 11.4 Å². The molecule has 2 N–H and O–H groups in total. The largest absolute Gasteiger partial charge is 0.493 e. The van der Waals surface area contributed by atoms with Gasteiger partial charge < -0.3 is 20.1 Å². The molecule has 1 amide bonds. The quantitative estimate of drug-likeness (QED) is 0.459. The molecule has 31 heavy (non-hydrogen) atoms.